The van der Waals surface area contributed by atoms with E-state index >= 15 is 0 Å². The molecule has 1 heterocycles. The van der Waals surface area contributed by atoms with Gasteiger partial charge in [-0.25, -0.2) is 4.79 Å². The van der Waals surface area contributed by atoms with Gasteiger partial charge in [-0.1, -0.05) is 63.5 Å². The zero-order valence-corrected chi connectivity index (χ0v) is 22.8. The van der Waals surface area contributed by atoms with Crippen molar-refractivity contribution in [3.05, 3.63) is 28.0 Å². The van der Waals surface area contributed by atoms with Crippen LogP contribution in [0.1, 0.15) is 101 Å². The molecule has 1 fully saturated rings. The first-order valence-electron chi connectivity index (χ1n) is 11.5. The van der Waals surface area contributed by atoms with Gasteiger partial charge in [-0.05, 0) is 52.5 Å². The maximum absolute atomic E-state index is 11.5. The molecule has 1 amide bonds. The Hall–Kier alpha value is -2.94. The smallest absolute Gasteiger partial charge is 0.350 e. The molecule has 1 aromatic rings. The molecule has 4 nitrogen and oxygen atoms in total. The molecule has 1 aliphatic rings. The fourth-order valence-electron chi connectivity index (χ4n) is 2.52. The Balaban J connectivity index is -0.000000491. The maximum Gasteiger partial charge on any atom is 0.350 e. The fourth-order valence-corrected chi connectivity index (χ4v) is 3.42. The molecule has 1 N–H and O–H groups in total. The summed E-state index contributed by atoms with van der Waals surface area (Å²) in [5.74, 6) is 5.58. The number of rotatable bonds is 5. The van der Waals surface area contributed by atoms with Gasteiger partial charge in [-0.2, -0.15) is 0 Å². The second kappa shape index (κ2) is 23.2. The Bertz CT molecular complexity index is 782. The molecule has 0 unspecified atom stereocenters. The lowest BCUT2D eigenvalue weighted by atomic mass is 9.97. The SMILES string of the molecule is C#C.C#C.C=C1CCCCC1.CCCCC.COC(=O)c1sc(C#CC(C)(C)C)cc1NC=O. The molecule has 0 saturated heterocycles. The molecular formula is C29H43NO3S. The van der Waals surface area contributed by atoms with Crippen molar-refractivity contribution in [2.24, 2.45) is 5.41 Å². The fraction of sp³-hybridized carbons (Fsp3) is 0.517. The van der Waals surface area contributed by atoms with Crippen LogP contribution in [0.2, 0.25) is 0 Å². The van der Waals surface area contributed by atoms with Gasteiger partial charge >= 0.3 is 5.97 Å². The van der Waals surface area contributed by atoms with Crippen LogP contribution in [-0.2, 0) is 9.53 Å². The Labute approximate surface area is 213 Å². The van der Waals surface area contributed by atoms with Crippen molar-refractivity contribution < 1.29 is 14.3 Å². The number of nitrogens with one attached hydrogen (secondary N) is 1. The van der Waals surface area contributed by atoms with E-state index in [0.717, 1.165) is 4.88 Å². The molecule has 1 aromatic heterocycles. The number of hydrogen-bond acceptors (Lipinski definition) is 4. The van der Waals surface area contributed by atoms with Crippen LogP contribution in [0.3, 0.4) is 0 Å². The highest BCUT2D eigenvalue weighted by Crippen LogP contribution is 2.27. The number of esters is 1. The topological polar surface area (TPSA) is 55.4 Å². The number of anilines is 1. The average molecular weight is 486 g/mol. The monoisotopic (exact) mass is 485 g/mol. The predicted molar refractivity (Wildman–Crippen MR) is 149 cm³/mol. The Morgan fingerprint density at radius 3 is 2.00 bits per heavy atom. The van der Waals surface area contributed by atoms with E-state index in [4.69, 9.17) is 0 Å². The van der Waals surface area contributed by atoms with Crippen LogP contribution >= 0.6 is 11.3 Å². The highest BCUT2D eigenvalue weighted by atomic mass is 32.1. The molecule has 0 aromatic carbocycles. The number of allylic oxidation sites excluding steroid dienone is 1. The molecule has 1 saturated carbocycles. The lowest BCUT2D eigenvalue weighted by Crippen LogP contribution is -2.03. The van der Waals surface area contributed by atoms with Crippen LogP contribution in [0.15, 0.2) is 18.2 Å². The van der Waals surface area contributed by atoms with Gasteiger partial charge in [0, 0.05) is 5.41 Å². The molecule has 0 bridgehead atoms. The third kappa shape index (κ3) is 19.7. The van der Waals surface area contributed by atoms with Crippen LogP contribution in [0.25, 0.3) is 0 Å². The highest BCUT2D eigenvalue weighted by Gasteiger charge is 2.16. The molecule has 0 aliphatic heterocycles. The molecule has 34 heavy (non-hydrogen) atoms. The number of carbonyl (C=O) groups excluding carboxylic acids is 2. The van der Waals surface area contributed by atoms with Gasteiger partial charge in [-0.3, -0.25) is 4.79 Å². The predicted octanol–water partition coefficient (Wildman–Crippen LogP) is 7.70. The van der Waals surface area contributed by atoms with E-state index < -0.39 is 5.97 Å². The Morgan fingerprint density at radius 2 is 1.68 bits per heavy atom. The van der Waals surface area contributed by atoms with Crippen molar-refractivity contribution >= 4 is 29.4 Å². The second-order valence-corrected chi connectivity index (χ2v) is 9.32. The number of ether oxygens (including phenoxy) is 1. The van der Waals surface area contributed by atoms with E-state index in [2.05, 4.69) is 68.0 Å². The Morgan fingerprint density at radius 1 is 1.15 bits per heavy atom. The van der Waals surface area contributed by atoms with Crippen molar-refractivity contribution in [1.29, 1.82) is 0 Å². The van der Waals surface area contributed by atoms with Gasteiger partial charge in [0.25, 0.3) is 0 Å². The number of thiophene rings is 1. The van der Waals surface area contributed by atoms with E-state index in [1.165, 1.54) is 75.4 Å². The summed E-state index contributed by atoms with van der Waals surface area (Å²) in [6.45, 7) is 14.3. The first-order chi connectivity index (χ1) is 16.2. The van der Waals surface area contributed by atoms with Crippen molar-refractivity contribution in [3.8, 4) is 37.5 Å². The van der Waals surface area contributed by atoms with Crippen LogP contribution in [-0.4, -0.2) is 19.5 Å². The van der Waals surface area contributed by atoms with Gasteiger partial charge in [0.1, 0.15) is 4.88 Å². The number of unbranched alkanes of at least 4 members (excludes halogenated alkanes) is 2. The summed E-state index contributed by atoms with van der Waals surface area (Å²) >= 11 is 1.20. The molecule has 2 rings (SSSR count). The van der Waals surface area contributed by atoms with Gasteiger partial charge in [0.15, 0.2) is 0 Å². The number of methoxy groups -OCH3 is 1. The first kappa shape index (κ1) is 35.6. The molecule has 1 aliphatic carbocycles. The van der Waals surface area contributed by atoms with Crippen molar-refractivity contribution in [1.82, 2.24) is 0 Å². The highest BCUT2D eigenvalue weighted by molar-refractivity contribution is 7.15. The Kier molecular flexibility index (Phi) is 24.4. The van der Waals surface area contributed by atoms with Crippen molar-refractivity contribution in [3.63, 3.8) is 0 Å². The summed E-state index contributed by atoms with van der Waals surface area (Å²) in [6, 6.07) is 1.67. The van der Waals surface area contributed by atoms with E-state index in [9.17, 15) is 9.59 Å². The molecule has 0 spiro atoms. The summed E-state index contributed by atoms with van der Waals surface area (Å²) in [6.07, 6.45) is 27.4. The van der Waals surface area contributed by atoms with Crippen LogP contribution in [0.4, 0.5) is 5.69 Å². The normalized spacial score (nSPS) is 11.4. The molecule has 5 heteroatoms. The number of terminal acetylenes is 2. The zero-order valence-electron chi connectivity index (χ0n) is 22.0. The first-order valence-corrected chi connectivity index (χ1v) is 12.3. The number of carbonyl (C=O) groups is 2. The minimum Gasteiger partial charge on any atom is -0.465 e. The second-order valence-electron chi connectivity index (χ2n) is 8.27. The zero-order chi connectivity index (χ0) is 27.0. The van der Waals surface area contributed by atoms with Crippen molar-refractivity contribution in [2.45, 2.75) is 86.0 Å². The lowest BCUT2D eigenvalue weighted by Gasteiger charge is -2.10. The van der Waals surface area contributed by atoms with E-state index in [1.807, 2.05) is 20.8 Å². The molecule has 0 atom stereocenters. The number of hydrogen-bond donors (Lipinski definition) is 1. The van der Waals surface area contributed by atoms with Gasteiger partial charge in [-0.15, -0.1) is 37.0 Å². The molecular weight excluding hydrogens is 442 g/mol. The molecule has 0 radical (unpaired) electrons. The van der Waals surface area contributed by atoms with Crippen LogP contribution in [0, 0.1) is 42.9 Å². The van der Waals surface area contributed by atoms with Crippen LogP contribution < -0.4 is 5.32 Å². The number of amides is 1. The third-order valence-corrected chi connectivity index (χ3v) is 5.18. The summed E-state index contributed by atoms with van der Waals surface area (Å²) in [7, 11) is 1.30. The van der Waals surface area contributed by atoms with Crippen molar-refractivity contribution in [2.75, 3.05) is 12.4 Å². The van der Waals surface area contributed by atoms with E-state index in [1.54, 1.807) is 6.07 Å². The third-order valence-electron chi connectivity index (χ3n) is 4.15. The van der Waals surface area contributed by atoms with Gasteiger partial charge < -0.3 is 10.1 Å². The standard InChI is InChI=1S/C13H15NO3S.C7H12.C5H12.2C2H2/c1-13(2,3)6-5-9-7-10(14-8-15)11(18-9)12(16)17-4;1-7-5-3-2-4-6-7;1-3-5-4-2;2*1-2/h7-8H,1-4H3,(H,14,15);1-6H2;3-5H2,1-2H3;2*1-2H. The molecule has 188 valence electrons. The van der Waals surface area contributed by atoms with Gasteiger partial charge in [0.2, 0.25) is 6.41 Å². The minimum absolute atomic E-state index is 0.117. The summed E-state index contributed by atoms with van der Waals surface area (Å²) < 4.78 is 4.65. The maximum atomic E-state index is 11.5. The van der Waals surface area contributed by atoms with E-state index in [0.29, 0.717) is 17.0 Å². The largest absolute Gasteiger partial charge is 0.465 e. The summed E-state index contributed by atoms with van der Waals surface area (Å²) in [5, 5.41) is 2.47. The van der Waals surface area contributed by atoms with Gasteiger partial charge in [0.05, 0.1) is 17.7 Å². The summed E-state index contributed by atoms with van der Waals surface area (Å²) in [4.78, 5) is 23.0. The average Bonchev–Trinajstić information content (AvgIpc) is 3.24. The lowest BCUT2D eigenvalue weighted by molar-refractivity contribution is -0.105. The minimum atomic E-state index is -0.479. The quantitative estimate of drug-likeness (QED) is 0.201. The van der Waals surface area contributed by atoms with Crippen LogP contribution in [0.5, 0.6) is 0 Å². The van der Waals surface area contributed by atoms with E-state index in [-0.39, 0.29) is 5.41 Å². The summed E-state index contributed by atoms with van der Waals surface area (Å²) in [5.41, 5.74) is 1.78.